The first-order valence-corrected chi connectivity index (χ1v) is 10.2. The van der Waals surface area contributed by atoms with E-state index in [1.54, 1.807) is 6.21 Å². The molecule has 1 heterocycles. The van der Waals surface area contributed by atoms with Gasteiger partial charge in [0, 0.05) is 21.4 Å². The molecular weight excluding hydrogens is 458 g/mol. The van der Waals surface area contributed by atoms with Gasteiger partial charge in [-0.3, -0.25) is 9.69 Å². The molecule has 1 fully saturated rings. The second kappa shape index (κ2) is 9.44. The van der Waals surface area contributed by atoms with Crippen LogP contribution in [-0.4, -0.2) is 30.1 Å². The number of piperidine rings is 1. The number of hydrogen-bond acceptors (Lipinski definition) is 3. The maximum absolute atomic E-state index is 12.3. The SMILES string of the molecule is O=C(N/N=C/c1cccc(Br)c1)C1CCN(Cc2ccc(Br)cc2)CC1. The van der Waals surface area contributed by atoms with Gasteiger partial charge in [0.2, 0.25) is 5.91 Å². The molecule has 0 unspecified atom stereocenters. The van der Waals surface area contributed by atoms with Gasteiger partial charge in [-0.15, -0.1) is 0 Å². The summed E-state index contributed by atoms with van der Waals surface area (Å²) in [5.74, 6) is 0.0513. The molecule has 1 amide bonds. The fraction of sp³-hybridized carbons (Fsp3) is 0.300. The topological polar surface area (TPSA) is 44.7 Å². The van der Waals surface area contributed by atoms with Crippen LogP contribution in [0.1, 0.15) is 24.0 Å². The number of benzene rings is 2. The third-order valence-corrected chi connectivity index (χ3v) is 5.54. The number of hydrogen-bond donors (Lipinski definition) is 1. The maximum Gasteiger partial charge on any atom is 0.243 e. The fourth-order valence-electron chi connectivity index (χ4n) is 3.05. The van der Waals surface area contributed by atoms with Crippen LogP contribution in [0, 0.1) is 5.92 Å². The Morgan fingerprint density at radius 2 is 1.85 bits per heavy atom. The van der Waals surface area contributed by atoms with Gasteiger partial charge in [-0.25, -0.2) is 5.43 Å². The van der Waals surface area contributed by atoms with Crippen molar-refractivity contribution in [2.24, 2.45) is 11.0 Å². The van der Waals surface area contributed by atoms with Gasteiger partial charge in [0.25, 0.3) is 0 Å². The smallest absolute Gasteiger partial charge is 0.243 e. The number of nitrogens with one attached hydrogen (secondary N) is 1. The molecule has 4 nitrogen and oxygen atoms in total. The van der Waals surface area contributed by atoms with Gasteiger partial charge in [0.15, 0.2) is 0 Å². The predicted molar refractivity (Wildman–Crippen MR) is 112 cm³/mol. The Hall–Kier alpha value is -1.50. The number of halogens is 2. The first-order valence-electron chi connectivity index (χ1n) is 8.65. The molecule has 1 aliphatic heterocycles. The average Bonchev–Trinajstić information content (AvgIpc) is 2.64. The van der Waals surface area contributed by atoms with Crippen molar-refractivity contribution in [1.82, 2.24) is 10.3 Å². The van der Waals surface area contributed by atoms with Crippen LogP contribution in [-0.2, 0) is 11.3 Å². The van der Waals surface area contributed by atoms with Crippen LogP contribution in [0.25, 0.3) is 0 Å². The first-order chi connectivity index (χ1) is 12.6. The van der Waals surface area contributed by atoms with Gasteiger partial charge in [0.05, 0.1) is 6.21 Å². The molecule has 26 heavy (non-hydrogen) atoms. The molecule has 0 radical (unpaired) electrons. The minimum absolute atomic E-state index is 0.0135. The van der Waals surface area contributed by atoms with Crippen molar-refractivity contribution in [3.05, 3.63) is 68.6 Å². The highest BCUT2D eigenvalue weighted by Crippen LogP contribution is 2.20. The Bertz CT molecular complexity index is 769. The van der Waals surface area contributed by atoms with Crippen molar-refractivity contribution in [3.63, 3.8) is 0 Å². The molecule has 2 aromatic rings. The molecule has 1 aliphatic rings. The van der Waals surface area contributed by atoms with E-state index in [-0.39, 0.29) is 11.8 Å². The number of nitrogens with zero attached hydrogens (tertiary/aromatic N) is 2. The van der Waals surface area contributed by atoms with Crippen molar-refractivity contribution in [3.8, 4) is 0 Å². The van der Waals surface area contributed by atoms with Crippen LogP contribution in [0.15, 0.2) is 62.6 Å². The van der Waals surface area contributed by atoms with Gasteiger partial charge >= 0.3 is 0 Å². The zero-order chi connectivity index (χ0) is 18.4. The summed E-state index contributed by atoms with van der Waals surface area (Å²) in [5, 5.41) is 4.09. The van der Waals surface area contributed by atoms with E-state index in [0.717, 1.165) is 47.0 Å². The van der Waals surface area contributed by atoms with Crippen LogP contribution in [0.3, 0.4) is 0 Å². The van der Waals surface area contributed by atoms with Crippen molar-refractivity contribution in [2.75, 3.05) is 13.1 Å². The quantitative estimate of drug-likeness (QED) is 0.505. The second-order valence-corrected chi connectivity index (χ2v) is 8.30. The minimum atomic E-state index is 0.0135. The van der Waals surface area contributed by atoms with Crippen molar-refractivity contribution in [2.45, 2.75) is 19.4 Å². The molecule has 6 heteroatoms. The van der Waals surface area contributed by atoms with Crippen LogP contribution >= 0.6 is 31.9 Å². The summed E-state index contributed by atoms with van der Waals surface area (Å²) in [6.07, 6.45) is 3.41. The summed E-state index contributed by atoms with van der Waals surface area (Å²) in [5.41, 5.74) is 4.93. The lowest BCUT2D eigenvalue weighted by Gasteiger charge is -2.30. The molecule has 136 valence electrons. The van der Waals surface area contributed by atoms with Crippen LogP contribution in [0.2, 0.25) is 0 Å². The van der Waals surface area contributed by atoms with Gasteiger partial charge in [0.1, 0.15) is 0 Å². The van der Waals surface area contributed by atoms with Crippen molar-refractivity contribution >= 4 is 44.0 Å². The molecule has 0 atom stereocenters. The number of likely N-dealkylation sites (tertiary alicyclic amines) is 1. The molecule has 0 aromatic heterocycles. The molecule has 2 aromatic carbocycles. The third kappa shape index (κ3) is 5.76. The van der Waals surface area contributed by atoms with Crippen LogP contribution < -0.4 is 5.43 Å². The predicted octanol–water partition coefficient (Wildman–Crippen LogP) is 4.57. The average molecular weight is 479 g/mol. The Morgan fingerprint density at radius 3 is 2.54 bits per heavy atom. The van der Waals surface area contributed by atoms with E-state index in [4.69, 9.17) is 0 Å². The van der Waals surface area contributed by atoms with E-state index in [0.29, 0.717) is 0 Å². The molecule has 0 aliphatic carbocycles. The monoisotopic (exact) mass is 477 g/mol. The summed E-state index contributed by atoms with van der Waals surface area (Å²) in [6.45, 7) is 2.80. The van der Waals surface area contributed by atoms with E-state index in [2.05, 4.69) is 71.6 Å². The molecule has 0 bridgehead atoms. The van der Waals surface area contributed by atoms with Gasteiger partial charge < -0.3 is 0 Å². The number of carbonyl (C=O) groups excluding carboxylic acids is 1. The third-order valence-electron chi connectivity index (χ3n) is 4.51. The van der Waals surface area contributed by atoms with E-state index in [1.165, 1.54) is 5.56 Å². The fourth-order valence-corrected chi connectivity index (χ4v) is 3.73. The molecule has 0 spiro atoms. The van der Waals surface area contributed by atoms with Crippen molar-refractivity contribution in [1.29, 1.82) is 0 Å². The summed E-state index contributed by atoms with van der Waals surface area (Å²) >= 11 is 6.88. The number of rotatable bonds is 5. The minimum Gasteiger partial charge on any atom is -0.299 e. The lowest BCUT2D eigenvalue weighted by atomic mass is 9.96. The van der Waals surface area contributed by atoms with Gasteiger partial charge in [-0.2, -0.15) is 5.10 Å². The zero-order valence-corrected chi connectivity index (χ0v) is 17.5. The Balaban J connectivity index is 1.43. The first kappa shape index (κ1) is 19.3. The molecule has 1 saturated heterocycles. The maximum atomic E-state index is 12.3. The second-order valence-electron chi connectivity index (χ2n) is 6.47. The Labute approximate surface area is 170 Å². The highest BCUT2D eigenvalue weighted by atomic mass is 79.9. The van der Waals surface area contributed by atoms with E-state index >= 15 is 0 Å². The van der Waals surface area contributed by atoms with E-state index in [1.807, 2.05) is 24.3 Å². The highest BCUT2D eigenvalue weighted by molar-refractivity contribution is 9.10. The lowest BCUT2D eigenvalue weighted by molar-refractivity contribution is -0.126. The standard InChI is InChI=1S/C20H21Br2N3O/c21-18-6-4-15(5-7-18)14-25-10-8-17(9-11-25)20(26)24-23-13-16-2-1-3-19(22)12-16/h1-7,12-13,17H,8-11,14H2,(H,24,26)/b23-13+. The Morgan fingerprint density at radius 1 is 1.12 bits per heavy atom. The molecular formula is C20H21Br2N3O. The van der Waals surface area contributed by atoms with E-state index < -0.39 is 0 Å². The highest BCUT2D eigenvalue weighted by Gasteiger charge is 2.24. The number of amides is 1. The number of hydrazone groups is 1. The largest absolute Gasteiger partial charge is 0.299 e. The van der Waals surface area contributed by atoms with Crippen molar-refractivity contribution < 1.29 is 4.79 Å². The number of carbonyl (C=O) groups is 1. The molecule has 1 N–H and O–H groups in total. The van der Waals surface area contributed by atoms with Crippen LogP contribution in [0.4, 0.5) is 0 Å². The van der Waals surface area contributed by atoms with Crippen LogP contribution in [0.5, 0.6) is 0 Å². The summed E-state index contributed by atoms with van der Waals surface area (Å²) in [7, 11) is 0. The Kier molecular flexibility index (Phi) is 7.00. The van der Waals surface area contributed by atoms with Gasteiger partial charge in [-0.05, 0) is 61.3 Å². The summed E-state index contributed by atoms with van der Waals surface area (Å²) in [6, 6.07) is 16.2. The summed E-state index contributed by atoms with van der Waals surface area (Å²) in [4.78, 5) is 14.7. The lowest BCUT2D eigenvalue weighted by Crippen LogP contribution is -2.39. The van der Waals surface area contributed by atoms with Gasteiger partial charge in [-0.1, -0.05) is 56.1 Å². The zero-order valence-electron chi connectivity index (χ0n) is 14.4. The normalized spacial score (nSPS) is 16.1. The van der Waals surface area contributed by atoms with E-state index in [9.17, 15) is 4.79 Å². The summed E-state index contributed by atoms with van der Waals surface area (Å²) < 4.78 is 2.09. The molecule has 0 saturated carbocycles. The molecule has 3 rings (SSSR count).